The second-order valence-electron chi connectivity index (χ2n) is 7.04. The van der Waals surface area contributed by atoms with Gasteiger partial charge in [0.1, 0.15) is 0 Å². The molecule has 1 saturated heterocycles. The van der Waals surface area contributed by atoms with E-state index in [1.54, 1.807) is 0 Å². The third-order valence-electron chi connectivity index (χ3n) is 4.73. The molecular weight excluding hydrogens is 310 g/mol. The van der Waals surface area contributed by atoms with Crippen LogP contribution in [0.4, 0.5) is 0 Å². The largest absolute Gasteiger partial charge is 0.377 e. The summed E-state index contributed by atoms with van der Waals surface area (Å²) in [5.74, 6) is 0. The Kier molecular flexibility index (Phi) is 6.05. The van der Waals surface area contributed by atoms with Gasteiger partial charge in [-0.2, -0.15) is 5.10 Å². The first-order valence-electron chi connectivity index (χ1n) is 9.17. The molecule has 1 aliphatic heterocycles. The molecule has 25 heavy (non-hydrogen) atoms. The topological polar surface area (TPSA) is 30.3 Å². The van der Waals surface area contributed by atoms with E-state index >= 15 is 0 Å². The summed E-state index contributed by atoms with van der Waals surface area (Å²) < 4.78 is 7.85. The average Bonchev–Trinajstić information content (AvgIpc) is 3.18. The Morgan fingerprint density at radius 2 is 2.24 bits per heavy atom. The third kappa shape index (κ3) is 5.03. The molecule has 0 bridgehead atoms. The lowest BCUT2D eigenvalue weighted by atomic mass is 10.1. The molecule has 134 valence electrons. The number of benzene rings is 1. The van der Waals surface area contributed by atoms with Crippen molar-refractivity contribution in [2.75, 3.05) is 13.2 Å². The lowest BCUT2D eigenvalue weighted by molar-refractivity contribution is 0.0678. The van der Waals surface area contributed by atoms with E-state index in [1.807, 2.05) is 10.8 Å². The van der Waals surface area contributed by atoms with E-state index in [0.717, 1.165) is 38.5 Å². The summed E-state index contributed by atoms with van der Waals surface area (Å²) >= 11 is 0. The molecule has 4 nitrogen and oxygen atoms in total. The standard InChI is InChI=1S/C21H29N3O/c1-4-10-24-15-20(18(3)22-24)14-23(16-21-9-6-11-25-21)13-19-8-5-7-17(2)12-19/h4-5,7-8,12,15,21H,1,6,9-11,13-14,16H2,2-3H3/t21-/m0/s1. The molecule has 0 unspecified atom stereocenters. The fourth-order valence-electron chi connectivity index (χ4n) is 3.51. The molecule has 0 radical (unpaired) electrons. The minimum absolute atomic E-state index is 0.355. The van der Waals surface area contributed by atoms with E-state index in [-0.39, 0.29) is 0 Å². The molecule has 4 heteroatoms. The van der Waals surface area contributed by atoms with Crippen molar-refractivity contribution in [2.24, 2.45) is 0 Å². The Balaban J connectivity index is 1.74. The second kappa shape index (κ2) is 8.45. The minimum atomic E-state index is 0.355. The summed E-state index contributed by atoms with van der Waals surface area (Å²) in [6.45, 7) is 12.5. The number of rotatable bonds is 8. The fraction of sp³-hybridized carbons (Fsp3) is 0.476. The van der Waals surface area contributed by atoms with Crippen LogP contribution in [-0.2, 0) is 24.4 Å². The normalized spacial score (nSPS) is 17.3. The van der Waals surface area contributed by atoms with Gasteiger partial charge in [0.2, 0.25) is 0 Å². The van der Waals surface area contributed by atoms with Crippen LogP contribution in [-0.4, -0.2) is 33.9 Å². The van der Waals surface area contributed by atoms with E-state index < -0.39 is 0 Å². The van der Waals surface area contributed by atoms with Crippen molar-refractivity contribution in [2.45, 2.75) is 52.4 Å². The highest BCUT2D eigenvalue weighted by Gasteiger charge is 2.20. The van der Waals surface area contributed by atoms with Gasteiger partial charge in [-0.1, -0.05) is 35.9 Å². The van der Waals surface area contributed by atoms with Gasteiger partial charge >= 0.3 is 0 Å². The molecule has 1 fully saturated rings. The molecule has 3 rings (SSSR count). The Labute approximate surface area is 151 Å². The van der Waals surface area contributed by atoms with E-state index in [2.05, 4.69) is 60.9 Å². The summed E-state index contributed by atoms with van der Waals surface area (Å²) in [4.78, 5) is 2.49. The first-order valence-corrected chi connectivity index (χ1v) is 9.17. The Morgan fingerprint density at radius 1 is 1.36 bits per heavy atom. The molecular formula is C21H29N3O. The SMILES string of the molecule is C=CCn1cc(CN(Cc2cccc(C)c2)C[C@@H]2CCCO2)c(C)n1. The zero-order valence-electron chi connectivity index (χ0n) is 15.4. The number of hydrogen-bond acceptors (Lipinski definition) is 3. The van der Waals surface area contributed by atoms with Crippen molar-refractivity contribution in [3.63, 3.8) is 0 Å². The monoisotopic (exact) mass is 339 g/mol. The quantitative estimate of drug-likeness (QED) is 0.684. The molecule has 1 atom stereocenters. The van der Waals surface area contributed by atoms with Crippen LogP contribution in [0.1, 0.15) is 35.2 Å². The molecule has 0 saturated carbocycles. The highest BCUT2D eigenvalue weighted by Crippen LogP contribution is 2.19. The first-order chi connectivity index (χ1) is 12.1. The van der Waals surface area contributed by atoms with Crippen molar-refractivity contribution in [3.8, 4) is 0 Å². The molecule has 1 aromatic carbocycles. The fourth-order valence-corrected chi connectivity index (χ4v) is 3.51. The Hall–Kier alpha value is -1.91. The van der Waals surface area contributed by atoms with Crippen LogP contribution < -0.4 is 0 Å². The van der Waals surface area contributed by atoms with Gasteiger partial charge in [0.15, 0.2) is 0 Å². The summed E-state index contributed by atoms with van der Waals surface area (Å²) in [5.41, 5.74) is 5.05. The van der Waals surface area contributed by atoms with E-state index in [4.69, 9.17) is 4.74 Å². The number of nitrogens with zero attached hydrogens (tertiary/aromatic N) is 3. The lowest BCUT2D eigenvalue weighted by Gasteiger charge is -2.25. The number of ether oxygens (including phenoxy) is 1. The third-order valence-corrected chi connectivity index (χ3v) is 4.73. The van der Waals surface area contributed by atoms with Gasteiger partial charge in [-0.05, 0) is 32.3 Å². The van der Waals surface area contributed by atoms with Crippen molar-refractivity contribution in [1.29, 1.82) is 0 Å². The maximum Gasteiger partial charge on any atom is 0.0703 e. The number of hydrogen-bond donors (Lipinski definition) is 0. The van der Waals surface area contributed by atoms with Crippen LogP contribution >= 0.6 is 0 Å². The smallest absolute Gasteiger partial charge is 0.0703 e. The van der Waals surface area contributed by atoms with Crippen LogP contribution in [0.15, 0.2) is 43.1 Å². The molecule has 1 aliphatic rings. The molecule has 0 amide bonds. The van der Waals surface area contributed by atoms with Crippen molar-refractivity contribution in [3.05, 3.63) is 65.5 Å². The zero-order chi connectivity index (χ0) is 17.6. The van der Waals surface area contributed by atoms with Gasteiger partial charge < -0.3 is 4.74 Å². The molecule has 0 aliphatic carbocycles. The molecule has 2 heterocycles. The first kappa shape index (κ1) is 17.9. The van der Waals surface area contributed by atoms with E-state index in [0.29, 0.717) is 6.10 Å². The Bertz CT molecular complexity index is 701. The van der Waals surface area contributed by atoms with Crippen molar-refractivity contribution >= 4 is 0 Å². The van der Waals surface area contributed by atoms with Gasteiger partial charge in [0.05, 0.1) is 18.3 Å². The number of aryl methyl sites for hydroxylation is 2. The van der Waals surface area contributed by atoms with Gasteiger partial charge in [0, 0.05) is 38.0 Å². The summed E-state index contributed by atoms with van der Waals surface area (Å²) in [6, 6.07) is 8.78. The molecule has 2 aromatic rings. The van der Waals surface area contributed by atoms with Gasteiger partial charge in [-0.15, -0.1) is 6.58 Å². The van der Waals surface area contributed by atoms with E-state index in [9.17, 15) is 0 Å². The van der Waals surface area contributed by atoms with Crippen LogP contribution in [0.25, 0.3) is 0 Å². The highest BCUT2D eigenvalue weighted by molar-refractivity contribution is 5.22. The van der Waals surface area contributed by atoms with Crippen LogP contribution in [0.2, 0.25) is 0 Å². The summed E-state index contributed by atoms with van der Waals surface area (Å²) in [7, 11) is 0. The Morgan fingerprint density at radius 3 is 2.96 bits per heavy atom. The molecule has 0 spiro atoms. The lowest BCUT2D eigenvalue weighted by Crippen LogP contribution is -2.31. The van der Waals surface area contributed by atoms with Crippen LogP contribution in [0, 0.1) is 13.8 Å². The maximum atomic E-state index is 5.88. The van der Waals surface area contributed by atoms with Crippen LogP contribution in [0.3, 0.4) is 0 Å². The predicted octanol–water partition coefficient (Wildman–Crippen LogP) is 3.87. The number of allylic oxidation sites excluding steroid dienone is 1. The molecule has 1 aromatic heterocycles. The highest BCUT2D eigenvalue weighted by atomic mass is 16.5. The van der Waals surface area contributed by atoms with Crippen LogP contribution in [0.5, 0.6) is 0 Å². The van der Waals surface area contributed by atoms with Crippen molar-refractivity contribution in [1.82, 2.24) is 14.7 Å². The number of aromatic nitrogens is 2. The predicted molar refractivity (Wildman–Crippen MR) is 101 cm³/mol. The van der Waals surface area contributed by atoms with Crippen molar-refractivity contribution < 1.29 is 4.74 Å². The second-order valence-corrected chi connectivity index (χ2v) is 7.04. The van der Waals surface area contributed by atoms with Gasteiger partial charge in [0.25, 0.3) is 0 Å². The van der Waals surface area contributed by atoms with Gasteiger partial charge in [-0.3, -0.25) is 9.58 Å². The molecule has 0 N–H and O–H groups in total. The average molecular weight is 339 g/mol. The zero-order valence-corrected chi connectivity index (χ0v) is 15.4. The van der Waals surface area contributed by atoms with Gasteiger partial charge in [-0.25, -0.2) is 0 Å². The van der Waals surface area contributed by atoms with E-state index in [1.165, 1.54) is 29.5 Å². The maximum absolute atomic E-state index is 5.88. The summed E-state index contributed by atoms with van der Waals surface area (Å²) in [6.07, 6.45) is 6.73. The summed E-state index contributed by atoms with van der Waals surface area (Å²) in [5, 5.41) is 4.59. The minimum Gasteiger partial charge on any atom is -0.377 e.